The van der Waals surface area contributed by atoms with E-state index in [9.17, 15) is 9.90 Å². The van der Waals surface area contributed by atoms with E-state index in [1.165, 1.54) is 0 Å². The number of aryl methyl sites for hydroxylation is 1. The van der Waals surface area contributed by atoms with Gasteiger partial charge in [0, 0.05) is 17.0 Å². The summed E-state index contributed by atoms with van der Waals surface area (Å²) in [4.78, 5) is 11.9. The van der Waals surface area contributed by atoms with E-state index in [0.717, 1.165) is 5.56 Å². The van der Waals surface area contributed by atoms with E-state index < -0.39 is 0 Å². The molecule has 0 aromatic heterocycles. The Morgan fingerprint density at radius 3 is 2.61 bits per heavy atom. The van der Waals surface area contributed by atoms with Gasteiger partial charge >= 0.3 is 0 Å². The van der Waals surface area contributed by atoms with Crippen molar-refractivity contribution in [3.05, 3.63) is 64.7 Å². The number of aromatic hydroxyl groups is 1. The van der Waals surface area contributed by atoms with Crippen LogP contribution < -0.4 is 0 Å². The summed E-state index contributed by atoms with van der Waals surface area (Å²) < 4.78 is 0. The maximum absolute atomic E-state index is 11.9. The van der Waals surface area contributed by atoms with Crippen LogP contribution in [0.1, 0.15) is 22.3 Å². The highest BCUT2D eigenvalue weighted by molar-refractivity contribution is 6.31. The highest BCUT2D eigenvalue weighted by Gasteiger charge is 2.06. The molecule has 0 aliphatic carbocycles. The largest absolute Gasteiger partial charge is 0.508 e. The third-order valence-electron chi connectivity index (χ3n) is 2.70. The van der Waals surface area contributed by atoms with Crippen LogP contribution in [0.25, 0.3) is 0 Å². The molecule has 0 aliphatic rings. The van der Waals surface area contributed by atoms with Gasteiger partial charge in [-0.3, -0.25) is 4.79 Å². The number of phenolic OH excluding ortho intramolecular Hbond substituents is 1. The fourth-order valence-corrected chi connectivity index (χ4v) is 1.97. The molecule has 0 saturated heterocycles. The zero-order valence-corrected chi connectivity index (χ0v) is 10.5. The molecule has 0 unspecified atom stereocenters. The summed E-state index contributed by atoms with van der Waals surface area (Å²) in [6, 6.07) is 13.9. The average Bonchev–Trinajstić information content (AvgIpc) is 2.36. The third kappa shape index (κ3) is 3.34. The topological polar surface area (TPSA) is 37.3 Å². The van der Waals surface area contributed by atoms with E-state index in [1.807, 2.05) is 6.07 Å². The monoisotopic (exact) mass is 260 g/mol. The van der Waals surface area contributed by atoms with E-state index >= 15 is 0 Å². The third-order valence-corrected chi connectivity index (χ3v) is 2.93. The van der Waals surface area contributed by atoms with Gasteiger partial charge in [0.25, 0.3) is 0 Å². The molecule has 1 N–H and O–H groups in total. The van der Waals surface area contributed by atoms with E-state index in [4.69, 9.17) is 11.6 Å². The number of rotatable bonds is 4. The standard InChI is InChI=1S/C15H13ClO2/c16-13-5-2-4-12(10-13)15(18)8-7-11-3-1-6-14(17)9-11/h1-6,9-10,17H,7-8H2. The fourth-order valence-electron chi connectivity index (χ4n) is 1.78. The Hall–Kier alpha value is -1.80. The van der Waals surface area contributed by atoms with E-state index in [0.29, 0.717) is 23.4 Å². The number of ketones is 1. The van der Waals surface area contributed by atoms with Gasteiger partial charge in [-0.15, -0.1) is 0 Å². The molecule has 2 rings (SSSR count). The Balaban J connectivity index is 2.00. The molecular weight excluding hydrogens is 248 g/mol. The average molecular weight is 261 g/mol. The smallest absolute Gasteiger partial charge is 0.163 e. The summed E-state index contributed by atoms with van der Waals surface area (Å²) in [7, 11) is 0. The molecule has 0 aliphatic heterocycles. The second-order valence-corrected chi connectivity index (χ2v) is 4.54. The van der Waals surface area contributed by atoms with E-state index in [-0.39, 0.29) is 11.5 Å². The molecule has 0 heterocycles. The maximum atomic E-state index is 11.9. The van der Waals surface area contributed by atoms with Gasteiger partial charge in [-0.05, 0) is 36.2 Å². The Morgan fingerprint density at radius 2 is 1.89 bits per heavy atom. The second-order valence-electron chi connectivity index (χ2n) is 4.10. The lowest BCUT2D eigenvalue weighted by atomic mass is 10.0. The van der Waals surface area contributed by atoms with Crippen LogP contribution in [-0.4, -0.2) is 10.9 Å². The molecule has 92 valence electrons. The van der Waals surface area contributed by atoms with Crippen molar-refractivity contribution in [2.45, 2.75) is 12.8 Å². The highest BCUT2D eigenvalue weighted by atomic mass is 35.5. The van der Waals surface area contributed by atoms with Crippen LogP contribution in [0.15, 0.2) is 48.5 Å². The Morgan fingerprint density at radius 1 is 1.11 bits per heavy atom. The van der Waals surface area contributed by atoms with Crippen molar-refractivity contribution >= 4 is 17.4 Å². The summed E-state index contributed by atoms with van der Waals surface area (Å²) >= 11 is 5.84. The number of Topliss-reactive ketones (excluding diaryl/α,β-unsaturated/α-hetero) is 1. The maximum Gasteiger partial charge on any atom is 0.163 e. The first-order chi connectivity index (χ1) is 8.65. The van der Waals surface area contributed by atoms with Crippen molar-refractivity contribution in [1.29, 1.82) is 0 Å². The van der Waals surface area contributed by atoms with Crippen LogP contribution in [0.3, 0.4) is 0 Å². The summed E-state index contributed by atoms with van der Waals surface area (Å²) in [5.74, 6) is 0.281. The molecule has 0 bridgehead atoms. The number of carbonyl (C=O) groups excluding carboxylic acids is 1. The number of hydrogen-bond acceptors (Lipinski definition) is 2. The van der Waals surface area contributed by atoms with Crippen molar-refractivity contribution in [2.24, 2.45) is 0 Å². The van der Waals surface area contributed by atoms with Gasteiger partial charge < -0.3 is 5.11 Å². The first kappa shape index (κ1) is 12.7. The highest BCUT2D eigenvalue weighted by Crippen LogP contribution is 2.16. The van der Waals surface area contributed by atoms with E-state index in [2.05, 4.69) is 0 Å². The van der Waals surface area contributed by atoms with Crippen LogP contribution in [-0.2, 0) is 6.42 Å². The van der Waals surface area contributed by atoms with Crippen LogP contribution in [0.2, 0.25) is 5.02 Å². The van der Waals surface area contributed by atoms with Gasteiger partial charge in [0.1, 0.15) is 5.75 Å². The quantitative estimate of drug-likeness (QED) is 0.848. The Kier molecular flexibility index (Phi) is 4.00. The lowest BCUT2D eigenvalue weighted by Gasteiger charge is -2.03. The van der Waals surface area contributed by atoms with Crippen LogP contribution in [0, 0.1) is 0 Å². The molecule has 18 heavy (non-hydrogen) atoms. The molecule has 0 spiro atoms. The zero-order valence-electron chi connectivity index (χ0n) is 9.77. The molecule has 0 fully saturated rings. The number of halogens is 1. The van der Waals surface area contributed by atoms with Crippen LogP contribution in [0.4, 0.5) is 0 Å². The summed E-state index contributed by atoms with van der Waals surface area (Å²) in [6.07, 6.45) is 1.02. The van der Waals surface area contributed by atoms with Crippen molar-refractivity contribution in [1.82, 2.24) is 0 Å². The molecule has 0 amide bonds. The van der Waals surface area contributed by atoms with Crippen LogP contribution in [0.5, 0.6) is 5.75 Å². The molecular formula is C15H13ClO2. The number of benzene rings is 2. The molecule has 0 atom stereocenters. The van der Waals surface area contributed by atoms with E-state index in [1.54, 1.807) is 42.5 Å². The minimum absolute atomic E-state index is 0.0563. The van der Waals surface area contributed by atoms with Gasteiger partial charge in [-0.1, -0.05) is 35.9 Å². The van der Waals surface area contributed by atoms with Gasteiger partial charge in [0.2, 0.25) is 0 Å². The normalized spacial score (nSPS) is 10.3. The lowest BCUT2D eigenvalue weighted by Crippen LogP contribution is -2.00. The molecule has 2 aromatic rings. The van der Waals surface area contributed by atoms with Gasteiger partial charge in [-0.2, -0.15) is 0 Å². The minimum Gasteiger partial charge on any atom is -0.508 e. The predicted molar refractivity (Wildman–Crippen MR) is 72.2 cm³/mol. The van der Waals surface area contributed by atoms with Crippen molar-refractivity contribution in [2.75, 3.05) is 0 Å². The van der Waals surface area contributed by atoms with Gasteiger partial charge in [-0.25, -0.2) is 0 Å². The van der Waals surface area contributed by atoms with Gasteiger partial charge in [0.05, 0.1) is 0 Å². The van der Waals surface area contributed by atoms with Crippen LogP contribution >= 0.6 is 11.6 Å². The second kappa shape index (κ2) is 5.69. The number of phenols is 1. The number of hydrogen-bond donors (Lipinski definition) is 1. The SMILES string of the molecule is O=C(CCc1cccc(O)c1)c1cccc(Cl)c1. The molecule has 2 aromatic carbocycles. The van der Waals surface area contributed by atoms with Crippen molar-refractivity contribution < 1.29 is 9.90 Å². The molecule has 3 heteroatoms. The van der Waals surface area contributed by atoms with Crippen molar-refractivity contribution in [3.8, 4) is 5.75 Å². The van der Waals surface area contributed by atoms with Crippen molar-refractivity contribution in [3.63, 3.8) is 0 Å². The van der Waals surface area contributed by atoms with Gasteiger partial charge in [0.15, 0.2) is 5.78 Å². The Labute approximate surface area is 111 Å². The first-order valence-electron chi connectivity index (χ1n) is 5.72. The first-order valence-corrected chi connectivity index (χ1v) is 6.09. The fraction of sp³-hybridized carbons (Fsp3) is 0.133. The molecule has 0 radical (unpaired) electrons. The predicted octanol–water partition coefficient (Wildman–Crippen LogP) is 3.86. The Bertz CT molecular complexity index is 564. The lowest BCUT2D eigenvalue weighted by molar-refractivity contribution is 0.0983. The molecule has 2 nitrogen and oxygen atoms in total. The number of carbonyl (C=O) groups is 1. The minimum atomic E-state index is 0.0563. The summed E-state index contributed by atoms with van der Waals surface area (Å²) in [6.45, 7) is 0. The molecule has 0 saturated carbocycles. The summed E-state index contributed by atoms with van der Waals surface area (Å²) in [5.41, 5.74) is 1.58. The zero-order chi connectivity index (χ0) is 13.0. The summed E-state index contributed by atoms with van der Waals surface area (Å²) in [5, 5.41) is 9.90.